The van der Waals surface area contributed by atoms with E-state index in [1.54, 1.807) is 7.05 Å². The largest absolute Gasteiger partial charge is 0.357 e. The second-order valence-electron chi connectivity index (χ2n) is 4.78. The normalized spacial score (nSPS) is 20.8. The van der Waals surface area contributed by atoms with Crippen molar-refractivity contribution in [2.75, 3.05) is 44.4 Å². The SMILES string of the molecule is CNc1ncc(F)c(N(C)C2CCCN(C)C2)n1. The van der Waals surface area contributed by atoms with Gasteiger partial charge in [0.25, 0.3) is 0 Å². The van der Waals surface area contributed by atoms with Gasteiger partial charge in [0.05, 0.1) is 6.20 Å². The summed E-state index contributed by atoms with van der Waals surface area (Å²) >= 11 is 0. The molecule has 1 N–H and O–H groups in total. The molecule has 0 aliphatic carbocycles. The Labute approximate surface area is 107 Å². The third kappa shape index (κ3) is 2.69. The Morgan fingerprint density at radius 2 is 2.33 bits per heavy atom. The van der Waals surface area contributed by atoms with Crippen LogP contribution in [0.2, 0.25) is 0 Å². The lowest BCUT2D eigenvalue weighted by Gasteiger charge is -2.36. The van der Waals surface area contributed by atoms with Crippen LogP contribution in [0.3, 0.4) is 0 Å². The Morgan fingerprint density at radius 1 is 1.56 bits per heavy atom. The zero-order chi connectivity index (χ0) is 13.1. The van der Waals surface area contributed by atoms with Gasteiger partial charge in [0.1, 0.15) is 0 Å². The van der Waals surface area contributed by atoms with Crippen molar-refractivity contribution < 1.29 is 4.39 Å². The molecule has 1 atom stereocenters. The van der Waals surface area contributed by atoms with Gasteiger partial charge in [-0.3, -0.25) is 0 Å². The molecule has 1 aliphatic rings. The summed E-state index contributed by atoms with van der Waals surface area (Å²) in [5.41, 5.74) is 0. The third-order valence-electron chi connectivity index (χ3n) is 3.43. The van der Waals surface area contributed by atoms with E-state index in [9.17, 15) is 4.39 Å². The van der Waals surface area contributed by atoms with E-state index in [4.69, 9.17) is 0 Å². The summed E-state index contributed by atoms with van der Waals surface area (Å²) in [6, 6.07) is 0.304. The van der Waals surface area contributed by atoms with Gasteiger partial charge < -0.3 is 15.1 Å². The molecule has 0 aromatic carbocycles. The number of halogens is 1. The van der Waals surface area contributed by atoms with Gasteiger partial charge in [-0.1, -0.05) is 0 Å². The maximum Gasteiger partial charge on any atom is 0.224 e. The first-order valence-corrected chi connectivity index (χ1v) is 6.23. The average Bonchev–Trinajstić information content (AvgIpc) is 2.38. The summed E-state index contributed by atoms with van der Waals surface area (Å²) in [7, 11) is 5.72. The van der Waals surface area contributed by atoms with Crippen molar-refractivity contribution in [3.63, 3.8) is 0 Å². The fourth-order valence-electron chi connectivity index (χ4n) is 2.35. The number of likely N-dealkylation sites (N-methyl/N-ethyl adjacent to an activating group) is 2. The van der Waals surface area contributed by atoms with Crippen LogP contribution in [0, 0.1) is 5.82 Å². The molecule has 0 saturated carbocycles. The molecule has 1 fully saturated rings. The number of likely N-dealkylation sites (tertiary alicyclic amines) is 1. The maximum atomic E-state index is 13.8. The zero-order valence-corrected chi connectivity index (χ0v) is 11.1. The van der Waals surface area contributed by atoms with E-state index in [0.717, 1.165) is 25.9 Å². The van der Waals surface area contributed by atoms with Gasteiger partial charge in [-0.25, -0.2) is 9.37 Å². The first-order valence-electron chi connectivity index (χ1n) is 6.23. The minimum Gasteiger partial charge on any atom is -0.357 e. The molecular formula is C12H20FN5. The summed E-state index contributed by atoms with van der Waals surface area (Å²) in [6.45, 7) is 2.05. The van der Waals surface area contributed by atoms with Gasteiger partial charge in [-0.15, -0.1) is 0 Å². The molecule has 2 heterocycles. The van der Waals surface area contributed by atoms with Gasteiger partial charge in [0, 0.05) is 26.7 Å². The highest BCUT2D eigenvalue weighted by Crippen LogP contribution is 2.22. The van der Waals surface area contributed by atoms with Crippen LogP contribution < -0.4 is 10.2 Å². The molecule has 0 radical (unpaired) electrons. The number of nitrogens with one attached hydrogen (secondary N) is 1. The summed E-state index contributed by atoms with van der Waals surface area (Å²) in [5, 5.41) is 2.84. The third-order valence-corrected chi connectivity index (χ3v) is 3.43. The maximum absolute atomic E-state index is 13.8. The van der Waals surface area contributed by atoms with Crippen LogP contribution in [0.5, 0.6) is 0 Å². The van der Waals surface area contributed by atoms with Gasteiger partial charge in [0.2, 0.25) is 5.95 Å². The zero-order valence-electron chi connectivity index (χ0n) is 11.1. The average molecular weight is 253 g/mol. The van der Waals surface area contributed by atoms with Crippen molar-refractivity contribution in [3.05, 3.63) is 12.0 Å². The summed E-state index contributed by atoms with van der Waals surface area (Å²) in [4.78, 5) is 12.3. The molecule has 18 heavy (non-hydrogen) atoms. The lowest BCUT2D eigenvalue weighted by molar-refractivity contribution is 0.247. The van der Waals surface area contributed by atoms with Crippen LogP contribution in [0.4, 0.5) is 16.2 Å². The molecule has 0 amide bonds. The van der Waals surface area contributed by atoms with E-state index < -0.39 is 0 Å². The Morgan fingerprint density at radius 3 is 3.00 bits per heavy atom. The highest BCUT2D eigenvalue weighted by Gasteiger charge is 2.24. The smallest absolute Gasteiger partial charge is 0.224 e. The molecule has 2 rings (SSSR count). The fraction of sp³-hybridized carbons (Fsp3) is 0.667. The standard InChI is InChI=1S/C12H20FN5/c1-14-12-15-7-10(13)11(16-12)18(3)9-5-4-6-17(2)8-9/h7,9H,4-6,8H2,1-3H3,(H,14,15,16). The van der Waals surface area contributed by atoms with Crippen LogP contribution >= 0.6 is 0 Å². The van der Waals surface area contributed by atoms with E-state index in [1.165, 1.54) is 6.20 Å². The Bertz CT molecular complexity index is 411. The minimum absolute atomic E-state index is 0.304. The van der Waals surface area contributed by atoms with E-state index in [0.29, 0.717) is 17.8 Å². The van der Waals surface area contributed by atoms with Crippen LogP contribution in [-0.4, -0.2) is 55.1 Å². The predicted molar refractivity (Wildman–Crippen MR) is 70.5 cm³/mol. The molecule has 1 aliphatic heterocycles. The number of hydrogen-bond donors (Lipinski definition) is 1. The number of nitrogens with zero attached hydrogens (tertiary/aromatic N) is 4. The second kappa shape index (κ2) is 5.48. The van der Waals surface area contributed by atoms with Crippen molar-refractivity contribution in [1.82, 2.24) is 14.9 Å². The minimum atomic E-state index is -0.371. The lowest BCUT2D eigenvalue weighted by Crippen LogP contribution is -2.45. The topological polar surface area (TPSA) is 44.3 Å². The molecule has 1 saturated heterocycles. The van der Waals surface area contributed by atoms with Crippen molar-refractivity contribution in [2.24, 2.45) is 0 Å². The van der Waals surface area contributed by atoms with Crippen molar-refractivity contribution in [1.29, 1.82) is 0 Å². The molecule has 6 heteroatoms. The van der Waals surface area contributed by atoms with Gasteiger partial charge in [-0.2, -0.15) is 4.98 Å². The number of aromatic nitrogens is 2. The quantitative estimate of drug-likeness (QED) is 0.876. The molecule has 100 valence electrons. The Kier molecular flexibility index (Phi) is 3.96. The molecule has 1 unspecified atom stereocenters. The molecule has 0 bridgehead atoms. The van der Waals surface area contributed by atoms with Crippen LogP contribution in [0.25, 0.3) is 0 Å². The fourth-order valence-corrected chi connectivity index (χ4v) is 2.35. The molecule has 0 spiro atoms. The Hall–Kier alpha value is -1.43. The number of piperidine rings is 1. The predicted octanol–water partition coefficient (Wildman–Crippen LogP) is 1.19. The summed E-state index contributed by atoms with van der Waals surface area (Å²) in [5.74, 6) is 0.446. The first kappa shape index (κ1) is 13.0. The van der Waals surface area contributed by atoms with Crippen LogP contribution in [0.1, 0.15) is 12.8 Å². The van der Waals surface area contributed by atoms with Crippen molar-refractivity contribution >= 4 is 11.8 Å². The highest BCUT2D eigenvalue weighted by molar-refractivity contribution is 5.44. The molecule has 5 nitrogen and oxygen atoms in total. The lowest BCUT2D eigenvalue weighted by atomic mass is 10.1. The summed E-state index contributed by atoms with van der Waals surface area (Å²) < 4.78 is 13.8. The molecule has 1 aromatic heterocycles. The van der Waals surface area contributed by atoms with E-state index in [-0.39, 0.29) is 5.82 Å². The molecular weight excluding hydrogens is 233 g/mol. The van der Waals surface area contributed by atoms with Gasteiger partial charge in [-0.05, 0) is 26.4 Å². The second-order valence-corrected chi connectivity index (χ2v) is 4.78. The highest BCUT2D eigenvalue weighted by atomic mass is 19.1. The van der Waals surface area contributed by atoms with E-state index in [2.05, 4.69) is 27.2 Å². The number of hydrogen-bond acceptors (Lipinski definition) is 5. The van der Waals surface area contributed by atoms with Crippen molar-refractivity contribution in [3.8, 4) is 0 Å². The van der Waals surface area contributed by atoms with Crippen molar-refractivity contribution in [2.45, 2.75) is 18.9 Å². The first-order chi connectivity index (χ1) is 8.61. The van der Waals surface area contributed by atoms with E-state index in [1.807, 2.05) is 11.9 Å². The Balaban J connectivity index is 2.19. The molecule has 1 aromatic rings. The van der Waals surface area contributed by atoms with E-state index >= 15 is 0 Å². The van der Waals surface area contributed by atoms with Gasteiger partial charge in [0.15, 0.2) is 11.6 Å². The number of rotatable bonds is 3. The van der Waals surface area contributed by atoms with Crippen LogP contribution in [-0.2, 0) is 0 Å². The van der Waals surface area contributed by atoms with Crippen LogP contribution in [0.15, 0.2) is 6.20 Å². The van der Waals surface area contributed by atoms with Gasteiger partial charge >= 0.3 is 0 Å². The monoisotopic (exact) mass is 253 g/mol. The number of anilines is 2. The summed E-state index contributed by atoms with van der Waals surface area (Å²) in [6.07, 6.45) is 3.42.